The summed E-state index contributed by atoms with van der Waals surface area (Å²) >= 11 is 0. The van der Waals surface area contributed by atoms with Crippen LogP contribution in [0.25, 0.3) is 0 Å². The van der Waals surface area contributed by atoms with Crippen molar-refractivity contribution in [1.82, 2.24) is 10.6 Å². The van der Waals surface area contributed by atoms with Crippen LogP contribution in [0.15, 0.2) is 24.3 Å². The molecule has 19 heavy (non-hydrogen) atoms. The van der Waals surface area contributed by atoms with Crippen LogP contribution in [0.3, 0.4) is 0 Å². The zero-order valence-corrected chi connectivity index (χ0v) is 11.0. The molecule has 102 valence electrons. The van der Waals surface area contributed by atoms with Gasteiger partial charge in [-0.15, -0.1) is 0 Å². The SMILES string of the molecule is CNC(=O)NC(=O)C(C)Oc1ccccc1C(C)=O. The standard InChI is InChI=1S/C13H16N2O4/c1-8(16)10-6-4-5-7-11(10)19-9(2)12(17)15-13(18)14-3/h4-7,9H,1-3H3,(H2,14,15,17,18). The molecule has 3 amide bonds. The molecule has 0 spiro atoms. The number of ether oxygens (including phenoxy) is 1. The Labute approximate surface area is 111 Å². The monoisotopic (exact) mass is 264 g/mol. The van der Waals surface area contributed by atoms with E-state index in [1.165, 1.54) is 20.9 Å². The lowest BCUT2D eigenvalue weighted by Crippen LogP contribution is -2.44. The molecule has 6 nitrogen and oxygen atoms in total. The van der Waals surface area contributed by atoms with Gasteiger partial charge >= 0.3 is 6.03 Å². The largest absolute Gasteiger partial charge is 0.480 e. The van der Waals surface area contributed by atoms with Gasteiger partial charge in [-0.25, -0.2) is 4.79 Å². The van der Waals surface area contributed by atoms with Gasteiger partial charge in [0.25, 0.3) is 5.91 Å². The Morgan fingerprint density at radius 2 is 1.84 bits per heavy atom. The number of urea groups is 1. The Balaban J connectivity index is 2.77. The Kier molecular flexibility index (Phi) is 5.05. The highest BCUT2D eigenvalue weighted by atomic mass is 16.5. The molecule has 0 aliphatic heterocycles. The van der Waals surface area contributed by atoms with Gasteiger partial charge in [-0.2, -0.15) is 0 Å². The highest BCUT2D eigenvalue weighted by molar-refractivity contribution is 5.98. The first kappa shape index (κ1) is 14.7. The summed E-state index contributed by atoms with van der Waals surface area (Å²) in [6.07, 6.45) is -0.891. The highest BCUT2D eigenvalue weighted by Crippen LogP contribution is 2.19. The van der Waals surface area contributed by atoms with Gasteiger partial charge in [0.1, 0.15) is 5.75 Å². The number of amides is 3. The van der Waals surface area contributed by atoms with Crippen molar-refractivity contribution >= 4 is 17.7 Å². The first-order chi connectivity index (χ1) is 8.95. The van der Waals surface area contributed by atoms with E-state index < -0.39 is 18.0 Å². The fourth-order valence-corrected chi connectivity index (χ4v) is 1.38. The van der Waals surface area contributed by atoms with Crippen LogP contribution in [0.1, 0.15) is 24.2 Å². The molecule has 0 heterocycles. The van der Waals surface area contributed by atoms with E-state index >= 15 is 0 Å². The molecule has 0 radical (unpaired) electrons. The van der Waals surface area contributed by atoms with E-state index in [2.05, 4.69) is 10.6 Å². The number of para-hydroxylation sites is 1. The number of carbonyl (C=O) groups excluding carboxylic acids is 3. The molecule has 0 saturated heterocycles. The van der Waals surface area contributed by atoms with Crippen molar-refractivity contribution in [2.45, 2.75) is 20.0 Å². The van der Waals surface area contributed by atoms with Crippen molar-refractivity contribution in [1.29, 1.82) is 0 Å². The minimum atomic E-state index is -0.891. The molecule has 0 aliphatic rings. The van der Waals surface area contributed by atoms with Crippen molar-refractivity contribution in [3.8, 4) is 5.75 Å². The van der Waals surface area contributed by atoms with Crippen LogP contribution in [0, 0.1) is 0 Å². The molecule has 0 fully saturated rings. The summed E-state index contributed by atoms with van der Waals surface area (Å²) in [6, 6.07) is 6.01. The number of hydrogen-bond donors (Lipinski definition) is 2. The number of rotatable bonds is 4. The third kappa shape index (κ3) is 4.09. The number of carbonyl (C=O) groups is 3. The van der Waals surface area contributed by atoms with Crippen LogP contribution in [0.4, 0.5) is 4.79 Å². The van der Waals surface area contributed by atoms with Crippen LogP contribution in [-0.4, -0.2) is 30.9 Å². The summed E-state index contributed by atoms with van der Waals surface area (Å²) in [5.74, 6) is -0.429. The van der Waals surface area contributed by atoms with E-state index in [9.17, 15) is 14.4 Å². The second-order valence-corrected chi connectivity index (χ2v) is 3.88. The van der Waals surface area contributed by atoms with Gasteiger partial charge in [0.2, 0.25) is 0 Å². The van der Waals surface area contributed by atoms with E-state index in [0.717, 1.165) is 0 Å². The average molecular weight is 264 g/mol. The summed E-state index contributed by atoms with van der Waals surface area (Å²) in [4.78, 5) is 34.0. The third-order valence-electron chi connectivity index (χ3n) is 2.40. The Bertz CT molecular complexity index is 499. The molecule has 1 rings (SSSR count). The topological polar surface area (TPSA) is 84.5 Å². The molecule has 1 aromatic rings. The summed E-state index contributed by atoms with van der Waals surface area (Å²) in [6.45, 7) is 2.91. The third-order valence-corrected chi connectivity index (χ3v) is 2.40. The van der Waals surface area contributed by atoms with Crippen molar-refractivity contribution in [2.75, 3.05) is 7.05 Å². The molecule has 0 aliphatic carbocycles. The molecule has 6 heteroatoms. The maximum atomic E-state index is 11.6. The van der Waals surface area contributed by atoms with E-state index in [1.54, 1.807) is 24.3 Å². The summed E-state index contributed by atoms with van der Waals surface area (Å²) in [5.41, 5.74) is 0.391. The zero-order valence-electron chi connectivity index (χ0n) is 11.0. The van der Waals surface area contributed by atoms with Gasteiger partial charge in [0, 0.05) is 7.05 Å². The molecule has 1 aromatic carbocycles. The number of ketones is 1. The highest BCUT2D eigenvalue weighted by Gasteiger charge is 2.18. The first-order valence-corrected chi connectivity index (χ1v) is 5.75. The van der Waals surface area contributed by atoms with Gasteiger partial charge in [-0.05, 0) is 26.0 Å². The molecule has 0 bridgehead atoms. The van der Waals surface area contributed by atoms with Crippen LogP contribution < -0.4 is 15.4 Å². The Morgan fingerprint density at radius 3 is 2.42 bits per heavy atom. The fraction of sp³-hybridized carbons (Fsp3) is 0.308. The zero-order chi connectivity index (χ0) is 14.4. The predicted molar refractivity (Wildman–Crippen MR) is 69.1 cm³/mol. The van der Waals surface area contributed by atoms with E-state index in [4.69, 9.17) is 4.74 Å². The number of hydrogen-bond acceptors (Lipinski definition) is 4. The predicted octanol–water partition coefficient (Wildman–Crippen LogP) is 1.11. The lowest BCUT2D eigenvalue weighted by Gasteiger charge is -2.15. The molecular formula is C13H16N2O4. The van der Waals surface area contributed by atoms with Gasteiger partial charge in [-0.3, -0.25) is 14.9 Å². The summed E-state index contributed by atoms with van der Waals surface area (Å²) in [7, 11) is 1.40. The summed E-state index contributed by atoms with van der Waals surface area (Å²) in [5, 5.41) is 4.36. The Hall–Kier alpha value is -2.37. The number of nitrogens with one attached hydrogen (secondary N) is 2. The second-order valence-electron chi connectivity index (χ2n) is 3.88. The van der Waals surface area contributed by atoms with E-state index in [-0.39, 0.29) is 5.78 Å². The van der Waals surface area contributed by atoms with Crippen molar-refractivity contribution in [2.24, 2.45) is 0 Å². The molecule has 0 saturated carbocycles. The van der Waals surface area contributed by atoms with Crippen LogP contribution >= 0.6 is 0 Å². The van der Waals surface area contributed by atoms with Crippen molar-refractivity contribution in [3.63, 3.8) is 0 Å². The minimum absolute atomic E-state index is 0.158. The first-order valence-electron chi connectivity index (χ1n) is 5.75. The van der Waals surface area contributed by atoms with E-state index in [1.807, 2.05) is 0 Å². The second kappa shape index (κ2) is 6.53. The van der Waals surface area contributed by atoms with Crippen molar-refractivity contribution in [3.05, 3.63) is 29.8 Å². The average Bonchev–Trinajstić information content (AvgIpc) is 2.38. The molecule has 2 N–H and O–H groups in total. The number of Topliss-reactive ketones (excluding diaryl/α,β-unsaturated/α-hetero) is 1. The maximum Gasteiger partial charge on any atom is 0.321 e. The molecule has 0 aromatic heterocycles. The molecule has 1 atom stereocenters. The van der Waals surface area contributed by atoms with Gasteiger partial charge < -0.3 is 10.1 Å². The minimum Gasteiger partial charge on any atom is -0.480 e. The smallest absolute Gasteiger partial charge is 0.321 e. The quantitative estimate of drug-likeness (QED) is 0.798. The lowest BCUT2D eigenvalue weighted by atomic mass is 10.1. The van der Waals surface area contributed by atoms with Gasteiger partial charge in [-0.1, -0.05) is 12.1 Å². The fourth-order valence-electron chi connectivity index (χ4n) is 1.38. The molecule has 1 unspecified atom stereocenters. The maximum absolute atomic E-state index is 11.6. The van der Waals surface area contributed by atoms with Crippen LogP contribution in [0.5, 0.6) is 5.75 Å². The Morgan fingerprint density at radius 1 is 1.21 bits per heavy atom. The van der Waals surface area contributed by atoms with Gasteiger partial charge in [0.05, 0.1) is 5.56 Å². The van der Waals surface area contributed by atoms with Crippen molar-refractivity contribution < 1.29 is 19.1 Å². The van der Waals surface area contributed by atoms with E-state index in [0.29, 0.717) is 11.3 Å². The van der Waals surface area contributed by atoms with Crippen LogP contribution in [0.2, 0.25) is 0 Å². The number of benzene rings is 1. The normalized spacial score (nSPS) is 11.3. The number of imide groups is 1. The van der Waals surface area contributed by atoms with Crippen LogP contribution in [-0.2, 0) is 4.79 Å². The molecular weight excluding hydrogens is 248 g/mol. The summed E-state index contributed by atoms with van der Waals surface area (Å²) < 4.78 is 5.40. The van der Waals surface area contributed by atoms with Gasteiger partial charge in [0.15, 0.2) is 11.9 Å². The lowest BCUT2D eigenvalue weighted by molar-refractivity contribution is -0.126.